The van der Waals surface area contributed by atoms with Crippen molar-refractivity contribution in [3.05, 3.63) is 52.0 Å². The van der Waals surface area contributed by atoms with Crippen molar-refractivity contribution in [1.29, 1.82) is 0 Å². The van der Waals surface area contributed by atoms with E-state index in [9.17, 15) is 9.50 Å². The minimum atomic E-state index is -1.13. The number of aromatic nitrogens is 1. The average molecular weight is 342 g/mol. The van der Waals surface area contributed by atoms with E-state index in [4.69, 9.17) is 9.47 Å². The Morgan fingerprint density at radius 1 is 1.20 bits per heavy atom. The quantitative estimate of drug-likeness (QED) is 0.928. The van der Waals surface area contributed by atoms with Crippen molar-refractivity contribution < 1.29 is 19.0 Å². The van der Waals surface area contributed by atoms with Gasteiger partial charge in [0.15, 0.2) is 11.5 Å². The summed E-state index contributed by atoms with van der Waals surface area (Å²) in [5, 5.41) is 10.3. The molecule has 20 heavy (non-hydrogen) atoms. The molecule has 0 radical (unpaired) electrons. The third-order valence-corrected chi connectivity index (χ3v) is 3.58. The van der Waals surface area contributed by atoms with Crippen molar-refractivity contribution in [1.82, 2.24) is 4.98 Å². The molecule has 1 atom stereocenters. The Labute approximate surface area is 124 Å². The van der Waals surface area contributed by atoms with Gasteiger partial charge in [-0.1, -0.05) is 15.9 Å². The van der Waals surface area contributed by atoms with E-state index in [0.29, 0.717) is 21.5 Å². The number of aliphatic hydroxyl groups is 1. The molecule has 0 aliphatic carbocycles. The van der Waals surface area contributed by atoms with Gasteiger partial charge in [0.2, 0.25) is 0 Å². The van der Waals surface area contributed by atoms with E-state index in [1.807, 2.05) is 0 Å². The highest BCUT2D eigenvalue weighted by Crippen LogP contribution is 2.38. The Balaban J connectivity index is 2.50. The van der Waals surface area contributed by atoms with Crippen LogP contribution in [-0.4, -0.2) is 24.3 Å². The van der Waals surface area contributed by atoms with Crippen LogP contribution in [0, 0.1) is 5.82 Å². The number of halogens is 2. The number of benzene rings is 1. The predicted octanol–water partition coefficient (Wildman–Crippen LogP) is 3.08. The van der Waals surface area contributed by atoms with Crippen LogP contribution in [0.5, 0.6) is 11.5 Å². The lowest BCUT2D eigenvalue weighted by Gasteiger charge is -2.17. The summed E-state index contributed by atoms with van der Waals surface area (Å²) < 4.78 is 24.6. The van der Waals surface area contributed by atoms with Gasteiger partial charge in [-0.25, -0.2) is 4.39 Å². The van der Waals surface area contributed by atoms with E-state index in [-0.39, 0.29) is 5.56 Å². The van der Waals surface area contributed by atoms with Crippen molar-refractivity contribution in [2.24, 2.45) is 0 Å². The standard InChI is InChI=1S/C14H13BrFNO3/c1-19-12-5-9(10(15)6-13(12)20-2)14(18)8-3-4-17-7-11(8)16/h3-7,14,18H,1-2H3. The molecule has 2 aromatic rings. The van der Waals surface area contributed by atoms with Crippen LogP contribution in [0.1, 0.15) is 17.2 Å². The molecule has 2 rings (SSSR count). The third-order valence-electron chi connectivity index (χ3n) is 2.90. The molecular formula is C14H13BrFNO3. The molecule has 1 unspecified atom stereocenters. The van der Waals surface area contributed by atoms with Gasteiger partial charge in [0.05, 0.1) is 20.4 Å². The van der Waals surface area contributed by atoms with Crippen LogP contribution in [0.2, 0.25) is 0 Å². The first-order valence-corrected chi connectivity index (χ1v) is 6.56. The van der Waals surface area contributed by atoms with Gasteiger partial charge in [-0.2, -0.15) is 0 Å². The molecule has 6 heteroatoms. The smallest absolute Gasteiger partial charge is 0.161 e. The first-order chi connectivity index (χ1) is 9.58. The fourth-order valence-corrected chi connectivity index (χ4v) is 2.39. The second-order valence-corrected chi connectivity index (χ2v) is 4.88. The lowest BCUT2D eigenvalue weighted by Crippen LogP contribution is -2.05. The van der Waals surface area contributed by atoms with Gasteiger partial charge in [0.1, 0.15) is 11.9 Å². The van der Waals surface area contributed by atoms with E-state index in [1.165, 1.54) is 26.5 Å². The van der Waals surface area contributed by atoms with Crippen molar-refractivity contribution in [2.75, 3.05) is 14.2 Å². The molecular weight excluding hydrogens is 329 g/mol. The maximum absolute atomic E-state index is 13.7. The molecule has 4 nitrogen and oxygen atoms in total. The van der Waals surface area contributed by atoms with E-state index < -0.39 is 11.9 Å². The van der Waals surface area contributed by atoms with E-state index in [1.54, 1.807) is 12.1 Å². The predicted molar refractivity (Wildman–Crippen MR) is 75.5 cm³/mol. The lowest BCUT2D eigenvalue weighted by molar-refractivity contribution is 0.213. The normalized spacial score (nSPS) is 12.1. The monoisotopic (exact) mass is 341 g/mol. The largest absolute Gasteiger partial charge is 0.493 e. The van der Waals surface area contributed by atoms with Crippen LogP contribution in [0.4, 0.5) is 4.39 Å². The highest BCUT2D eigenvalue weighted by atomic mass is 79.9. The van der Waals surface area contributed by atoms with Gasteiger partial charge in [0, 0.05) is 21.8 Å². The number of hydrogen-bond acceptors (Lipinski definition) is 4. The number of ether oxygens (including phenoxy) is 2. The Hall–Kier alpha value is -1.66. The molecule has 0 saturated heterocycles. The van der Waals surface area contributed by atoms with Crippen LogP contribution in [0.3, 0.4) is 0 Å². The lowest BCUT2D eigenvalue weighted by atomic mass is 10.0. The zero-order chi connectivity index (χ0) is 14.7. The fourth-order valence-electron chi connectivity index (χ4n) is 1.85. The molecule has 0 aliphatic rings. The fraction of sp³-hybridized carbons (Fsp3) is 0.214. The van der Waals surface area contributed by atoms with Crippen LogP contribution in [0.25, 0.3) is 0 Å². The Morgan fingerprint density at radius 2 is 1.85 bits per heavy atom. The molecule has 0 fully saturated rings. The molecule has 0 bridgehead atoms. The van der Waals surface area contributed by atoms with E-state index in [2.05, 4.69) is 20.9 Å². The Bertz CT molecular complexity index is 621. The summed E-state index contributed by atoms with van der Waals surface area (Å²) in [5.41, 5.74) is 0.626. The highest BCUT2D eigenvalue weighted by molar-refractivity contribution is 9.10. The second kappa shape index (κ2) is 6.19. The summed E-state index contributed by atoms with van der Waals surface area (Å²) in [6.45, 7) is 0. The number of aliphatic hydroxyl groups excluding tert-OH is 1. The van der Waals surface area contributed by atoms with Gasteiger partial charge >= 0.3 is 0 Å². The van der Waals surface area contributed by atoms with E-state index >= 15 is 0 Å². The zero-order valence-electron chi connectivity index (χ0n) is 10.9. The minimum Gasteiger partial charge on any atom is -0.493 e. The summed E-state index contributed by atoms with van der Waals surface area (Å²) in [5.74, 6) is 0.409. The molecule has 0 saturated carbocycles. The average Bonchev–Trinajstić information content (AvgIpc) is 2.46. The van der Waals surface area contributed by atoms with Crippen molar-refractivity contribution >= 4 is 15.9 Å². The molecule has 0 amide bonds. The van der Waals surface area contributed by atoms with Crippen molar-refractivity contribution in [3.8, 4) is 11.5 Å². The number of nitrogens with zero attached hydrogens (tertiary/aromatic N) is 1. The van der Waals surface area contributed by atoms with Gasteiger partial charge in [0.25, 0.3) is 0 Å². The molecule has 0 spiro atoms. The molecule has 1 aromatic carbocycles. The maximum atomic E-state index is 13.7. The molecule has 106 valence electrons. The van der Waals surface area contributed by atoms with Crippen LogP contribution < -0.4 is 9.47 Å². The van der Waals surface area contributed by atoms with Crippen LogP contribution in [-0.2, 0) is 0 Å². The first kappa shape index (κ1) is 14.7. The molecule has 0 aliphatic heterocycles. The van der Waals surface area contributed by atoms with Crippen molar-refractivity contribution in [2.45, 2.75) is 6.10 Å². The summed E-state index contributed by atoms with van der Waals surface area (Å²) in [4.78, 5) is 3.66. The summed E-state index contributed by atoms with van der Waals surface area (Å²) >= 11 is 3.34. The number of methoxy groups -OCH3 is 2. The number of hydrogen-bond donors (Lipinski definition) is 1. The SMILES string of the molecule is COc1cc(Br)c(C(O)c2ccncc2F)cc1OC. The highest BCUT2D eigenvalue weighted by Gasteiger charge is 2.20. The van der Waals surface area contributed by atoms with E-state index in [0.717, 1.165) is 6.20 Å². The van der Waals surface area contributed by atoms with Gasteiger partial charge in [-0.05, 0) is 18.2 Å². The molecule has 1 heterocycles. The number of rotatable bonds is 4. The van der Waals surface area contributed by atoms with Crippen LogP contribution >= 0.6 is 15.9 Å². The van der Waals surface area contributed by atoms with Gasteiger partial charge < -0.3 is 14.6 Å². The summed E-state index contributed by atoms with van der Waals surface area (Å²) in [6, 6.07) is 4.70. The zero-order valence-corrected chi connectivity index (χ0v) is 12.5. The van der Waals surface area contributed by atoms with Gasteiger partial charge in [-0.3, -0.25) is 4.98 Å². The number of pyridine rings is 1. The maximum Gasteiger partial charge on any atom is 0.161 e. The topological polar surface area (TPSA) is 51.6 Å². The Morgan fingerprint density at radius 3 is 2.45 bits per heavy atom. The Kier molecular flexibility index (Phi) is 4.57. The van der Waals surface area contributed by atoms with Gasteiger partial charge in [-0.15, -0.1) is 0 Å². The molecule has 1 aromatic heterocycles. The summed E-state index contributed by atoms with van der Waals surface area (Å²) in [7, 11) is 3.01. The second-order valence-electron chi connectivity index (χ2n) is 4.03. The summed E-state index contributed by atoms with van der Waals surface area (Å²) in [6.07, 6.45) is 1.36. The third kappa shape index (κ3) is 2.76. The first-order valence-electron chi connectivity index (χ1n) is 5.77. The molecule has 1 N–H and O–H groups in total. The van der Waals surface area contributed by atoms with Crippen LogP contribution in [0.15, 0.2) is 35.1 Å². The minimum absolute atomic E-state index is 0.146. The van der Waals surface area contributed by atoms with Crippen molar-refractivity contribution in [3.63, 3.8) is 0 Å².